The average Bonchev–Trinajstić information content (AvgIpc) is 3.32. The van der Waals surface area contributed by atoms with Gasteiger partial charge in [-0.2, -0.15) is 0 Å². The topological polar surface area (TPSA) is 59.8 Å². The van der Waals surface area contributed by atoms with Crippen LogP contribution in [0.5, 0.6) is 0 Å². The third-order valence-corrected chi connectivity index (χ3v) is 7.05. The van der Waals surface area contributed by atoms with Crippen molar-refractivity contribution in [3.63, 3.8) is 0 Å². The molecule has 3 heterocycles. The molecule has 29 heavy (non-hydrogen) atoms. The SMILES string of the molecule is O=C1C2=C(OC3CCC(Br)CC13)C(=O)N(Cc1ccco1)C2c1ccc(Cl)cc1. The Morgan fingerprint density at radius 1 is 1.14 bits per heavy atom. The van der Waals surface area contributed by atoms with Crippen LogP contribution in [0.2, 0.25) is 5.02 Å². The molecule has 1 aromatic heterocycles. The zero-order valence-electron chi connectivity index (χ0n) is 15.5. The molecule has 150 valence electrons. The van der Waals surface area contributed by atoms with E-state index >= 15 is 0 Å². The molecule has 0 N–H and O–H groups in total. The number of amides is 1. The summed E-state index contributed by atoms with van der Waals surface area (Å²) >= 11 is 9.72. The number of alkyl halides is 1. The van der Waals surface area contributed by atoms with Crippen LogP contribution >= 0.6 is 27.5 Å². The van der Waals surface area contributed by atoms with E-state index in [0.29, 0.717) is 21.2 Å². The van der Waals surface area contributed by atoms with Crippen LogP contribution in [0.3, 0.4) is 0 Å². The Kier molecular flexibility index (Phi) is 4.79. The molecule has 2 aliphatic heterocycles. The van der Waals surface area contributed by atoms with E-state index in [-0.39, 0.29) is 36.0 Å². The second-order valence-corrected chi connectivity index (χ2v) is 9.48. The van der Waals surface area contributed by atoms with E-state index in [1.165, 1.54) is 0 Å². The fourth-order valence-corrected chi connectivity index (χ4v) is 5.38. The van der Waals surface area contributed by atoms with Crippen molar-refractivity contribution in [3.8, 4) is 0 Å². The molecule has 4 atom stereocenters. The third-order valence-electron chi connectivity index (χ3n) is 5.97. The van der Waals surface area contributed by atoms with E-state index in [4.69, 9.17) is 20.8 Å². The number of halogens is 2. The largest absolute Gasteiger partial charge is 0.483 e. The van der Waals surface area contributed by atoms with Crippen molar-refractivity contribution in [2.75, 3.05) is 0 Å². The predicted octanol–water partition coefficient (Wildman–Crippen LogP) is 4.80. The second-order valence-electron chi connectivity index (χ2n) is 7.75. The summed E-state index contributed by atoms with van der Waals surface area (Å²) < 4.78 is 11.6. The molecule has 1 saturated carbocycles. The van der Waals surface area contributed by atoms with E-state index < -0.39 is 6.04 Å². The van der Waals surface area contributed by atoms with Crippen LogP contribution in [0.15, 0.2) is 58.4 Å². The van der Waals surface area contributed by atoms with Gasteiger partial charge < -0.3 is 14.1 Å². The lowest BCUT2D eigenvalue weighted by molar-refractivity contribution is -0.135. The highest BCUT2D eigenvalue weighted by molar-refractivity contribution is 9.09. The van der Waals surface area contributed by atoms with E-state index in [0.717, 1.165) is 24.8 Å². The van der Waals surface area contributed by atoms with Crippen molar-refractivity contribution in [1.82, 2.24) is 4.90 Å². The maximum atomic E-state index is 13.5. The van der Waals surface area contributed by atoms with E-state index in [9.17, 15) is 9.59 Å². The van der Waals surface area contributed by atoms with Gasteiger partial charge in [-0.05, 0) is 49.1 Å². The lowest BCUT2D eigenvalue weighted by Gasteiger charge is -2.37. The van der Waals surface area contributed by atoms with Gasteiger partial charge in [0.25, 0.3) is 5.91 Å². The number of hydrogen-bond acceptors (Lipinski definition) is 4. The van der Waals surface area contributed by atoms with Gasteiger partial charge in [0, 0.05) is 9.85 Å². The summed E-state index contributed by atoms with van der Waals surface area (Å²) in [6.45, 7) is 0.263. The van der Waals surface area contributed by atoms with Crippen LogP contribution in [-0.4, -0.2) is 27.5 Å². The lowest BCUT2D eigenvalue weighted by Crippen LogP contribution is -2.41. The molecule has 4 unspecified atom stereocenters. The number of hydrogen-bond donors (Lipinski definition) is 0. The smallest absolute Gasteiger partial charge is 0.290 e. The van der Waals surface area contributed by atoms with Crippen molar-refractivity contribution in [2.45, 2.75) is 42.8 Å². The molecule has 0 spiro atoms. The summed E-state index contributed by atoms with van der Waals surface area (Å²) in [4.78, 5) is 28.8. The number of Topliss-reactive ketones (excluding diaryl/α,β-unsaturated/α-hetero) is 1. The average molecular weight is 477 g/mol. The van der Waals surface area contributed by atoms with Crippen LogP contribution in [-0.2, 0) is 20.9 Å². The molecule has 2 aromatic rings. The summed E-state index contributed by atoms with van der Waals surface area (Å²) in [6, 6.07) is 10.4. The highest BCUT2D eigenvalue weighted by Crippen LogP contribution is 2.48. The minimum Gasteiger partial charge on any atom is -0.483 e. The fourth-order valence-electron chi connectivity index (χ4n) is 4.59. The molecule has 5 rings (SSSR count). The van der Waals surface area contributed by atoms with Crippen LogP contribution in [0, 0.1) is 5.92 Å². The van der Waals surface area contributed by atoms with Gasteiger partial charge in [-0.15, -0.1) is 0 Å². The molecular weight excluding hydrogens is 458 g/mol. The normalized spacial score (nSPS) is 29.0. The zero-order chi connectivity index (χ0) is 20.1. The zero-order valence-corrected chi connectivity index (χ0v) is 17.9. The van der Waals surface area contributed by atoms with Crippen LogP contribution in [0.25, 0.3) is 0 Å². The molecule has 5 nitrogen and oxygen atoms in total. The number of fused-ring (bicyclic) bond motifs is 1. The molecule has 3 aliphatic rings. The van der Waals surface area contributed by atoms with Crippen LogP contribution in [0.1, 0.15) is 36.6 Å². The van der Waals surface area contributed by atoms with E-state index in [1.807, 2.05) is 18.2 Å². The summed E-state index contributed by atoms with van der Waals surface area (Å²) in [6.07, 6.45) is 3.77. The molecule has 1 aliphatic carbocycles. The Bertz CT molecular complexity index is 985. The van der Waals surface area contributed by atoms with E-state index in [1.54, 1.807) is 29.4 Å². The number of ketones is 1. The number of carbonyl (C=O) groups is 2. The number of rotatable bonds is 3. The second kappa shape index (κ2) is 7.33. The quantitative estimate of drug-likeness (QED) is 0.597. The van der Waals surface area contributed by atoms with Crippen molar-refractivity contribution in [2.24, 2.45) is 5.92 Å². The first-order chi connectivity index (χ1) is 14.0. The summed E-state index contributed by atoms with van der Waals surface area (Å²) in [5.41, 5.74) is 1.30. The first-order valence-electron chi connectivity index (χ1n) is 9.71. The number of ether oxygens (including phenoxy) is 1. The maximum absolute atomic E-state index is 13.5. The van der Waals surface area contributed by atoms with Gasteiger partial charge in [0.05, 0.1) is 30.3 Å². The third kappa shape index (κ3) is 3.22. The maximum Gasteiger partial charge on any atom is 0.290 e. The van der Waals surface area contributed by atoms with Crippen molar-refractivity contribution >= 4 is 39.2 Å². The highest BCUT2D eigenvalue weighted by Gasteiger charge is 2.52. The van der Waals surface area contributed by atoms with Gasteiger partial charge in [-0.25, -0.2) is 0 Å². The van der Waals surface area contributed by atoms with Gasteiger partial charge in [-0.1, -0.05) is 39.7 Å². The highest BCUT2D eigenvalue weighted by atomic mass is 79.9. The molecule has 1 amide bonds. The molecular formula is C22H19BrClNO4. The van der Waals surface area contributed by atoms with Gasteiger partial charge in [0.2, 0.25) is 0 Å². The summed E-state index contributed by atoms with van der Waals surface area (Å²) in [7, 11) is 0. The Labute approximate surface area is 181 Å². The molecule has 0 bridgehead atoms. The molecule has 1 fully saturated rings. The number of furan rings is 1. The number of benzene rings is 1. The minimum atomic E-state index is -0.510. The summed E-state index contributed by atoms with van der Waals surface area (Å²) in [5.74, 6) is 0.399. The number of nitrogens with zero attached hydrogens (tertiary/aromatic N) is 1. The standard InChI is InChI=1S/C22H19BrClNO4/c23-13-5-8-17-16(10-13)20(26)18-19(12-3-6-14(24)7-4-12)25(22(27)21(18)29-17)11-15-2-1-9-28-15/h1-4,6-7,9,13,16-17,19H,5,8,10-11H2. The van der Waals surface area contributed by atoms with Crippen molar-refractivity contribution in [3.05, 3.63) is 70.3 Å². The Morgan fingerprint density at radius 2 is 1.93 bits per heavy atom. The van der Waals surface area contributed by atoms with Gasteiger partial charge >= 0.3 is 0 Å². The van der Waals surface area contributed by atoms with Gasteiger partial charge in [-0.3, -0.25) is 9.59 Å². The first kappa shape index (κ1) is 18.9. The van der Waals surface area contributed by atoms with Gasteiger partial charge in [0.15, 0.2) is 11.5 Å². The number of carbonyl (C=O) groups excluding carboxylic acids is 2. The Hall–Kier alpha value is -2.05. The van der Waals surface area contributed by atoms with Crippen molar-refractivity contribution in [1.29, 1.82) is 0 Å². The molecule has 1 aromatic carbocycles. The monoisotopic (exact) mass is 475 g/mol. The van der Waals surface area contributed by atoms with E-state index in [2.05, 4.69) is 15.9 Å². The van der Waals surface area contributed by atoms with Crippen LogP contribution in [0.4, 0.5) is 0 Å². The minimum absolute atomic E-state index is 0.0237. The Morgan fingerprint density at radius 3 is 2.66 bits per heavy atom. The van der Waals surface area contributed by atoms with Crippen LogP contribution < -0.4 is 0 Å². The van der Waals surface area contributed by atoms with Crippen molar-refractivity contribution < 1.29 is 18.7 Å². The molecule has 7 heteroatoms. The summed E-state index contributed by atoms with van der Waals surface area (Å²) in [5, 5.41) is 0.602. The Balaban J connectivity index is 1.58. The first-order valence-corrected chi connectivity index (χ1v) is 11.0. The predicted molar refractivity (Wildman–Crippen MR) is 110 cm³/mol. The molecule has 0 radical (unpaired) electrons. The van der Waals surface area contributed by atoms with Gasteiger partial charge in [0.1, 0.15) is 11.9 Å². The molecule has 0 saturated heterocycles. The lowest BCUT2D eigenvalue weighted by atomic mass is 9.77. The fraction of sp³-hybridized carbons (Fsp3) is 0.364.